The van der Waals surface area contributed by atoms with Crippen molar-refractivity contribution in [1.29, 1.82) is 0 Å². The Labute approximate surface area is 186 Å². The zero-order valence-corrected chi connectivity index (χ0v) is 20.1. The quantitative estimate of drug-likeness (QED) is 0.105. The number of hydrogen-bond acceptors (Lipinski definition) is 0. The largest absolute Gasteiger partial charge is 0.0891 e. The summed E-state index contributed by atoms with van der Waals surface area (Å²) in [7, 11) is 0. The summed E-state index contributed by atoms with van der Waals surface area (Å²) in [6.07, 6.45) is 43.1. The maximum atomic E-state index is 6.89. The molecule has 0 aromatic carbocycles. The van der Waals surface area contributed by atoms with Gasteiger partial charge in [-0.25, -0.2) is 0 Å². The lowest BCUT2D eigenvalue weighted by Gasteiger charge is -2.04. The van der Waals surface area contributed by atoms with Gasteiger partial charge in [0.05, 0.1) is 0 Å². The van der Waals surface area contributed by atoms with Gasteiger partial charge in [-0.3, -0.25) is 0 Å². The molecular formula is C29H54. The maximum Gasteiger partial charge on any atom is 0.00989 e. The SMILES string of the molecule is [C]#CCCCCCCCCCCCCCCCCCCCCCCCCCC[CH2]. The molecular weight excluding hydrogens is 348 g/mol. The van der Waals surface area contributed by atoms with Gasteiger partial charge in [0.25, 0.3) is 0 Å². The van der Waals surface area contributed by atoms with Gasteiger partial charge in [0.1, 0.15) is 0 Å². The molecule has 0 heteroatoms. The smallest absolute Gasteiger partial charge is 0.00989 e. The first-order valence-corrected chi connectivity index (χ1v) is 13.6. The maximum absolute atomic E-state index is 6.89. The molecule has 0 nitrogen and oxygen atoms in total. The second-order valence-corrected chi connectivity index (χ2v) is 9.27. The Morgan fingerprint density at radius 2 is 0.552 bits per heavy atom. The third kappa shape index (κ3) is 27.6. The Bertz CT molecular complexity index is 310. The molecule has 0 aromatic rings. The summed E-state index contributed by atoms with van der Waals surface area (Å²) in [5.41, 5.74) is 0. The van der Waals surface area contributed by atoms with E-state index in [1.54, 1.807) is 0 Å². The van der Waals surface area contributed by atoms with E-state index < -0.39 is 0 Å². The molecule has 0 saturated carbocycles. The predicted molar refractivity (Wildman–Crippen MR) is 133 cm³/mol. The van der Waals surface area contributed by atoms with Crippen LogP contribution < -0.4 is 0 Å². The normalized spacial score (nSPS) is 11.0. The molecule has 0 aliphatic rings. The summed E-state index contributed by atoms with van der Waals surface area (Å²) in [5, 5.41) is 0. The third-order valence-electron chi connectivity index (χ3n) is 6.30. The highest BCUT2D eigenvalue weighted by molar-refractivity contribution is 4.74. The Morgan fingerprint density at radius 3 is 0.759 bits per heavy atom. The lowest BCUT2D eigenvalue weighted by Crippen LogP contribution is -1.84. The fourth-order valence-corrected chi connectivity index (χ4v) is 4.28. The van der Waals surface area contributed by atoms with Crippen molar-refractivity contribution in [3.63, 3.8) is 0 Å². The minimum absolute atomic E-state index is 0.859. The summed E-state index contributed by atoms with van der Waals surface area (Å²) in [4.78, 5) is 0. The highest BCUT2D eigenvalue weighted by Gasteiger charge is 1.96. The average molecular weight is 403 g/mol. The summed E-state index contributed by atoms with van der Waals surface area (Å²) in [6.45, 7) is 3.91. The van der Waals surface area contributed by atoms with Gasteiger partial charge in [0.15, 0.2) is 0 Å². The zero-order chi connectivity index (χ0) is 21.1. The van der Waals surface area contributed by atoms with Crippen molar-refractivity contribution in [2.24, 2.45) is 0 Å². The average Bonchev–Trinajstić information content (AvgIpc) is 2.74. The molecule has 29 heavy (non-hydrogen) atoms. The molecule has 2 radical (unpaired) electrons. The van der Waals surface area contributed by atoms with Gasteiger partial charge in [-0.15, -0.1) is 0 Å². The molecule has 0 aromatic heterocycles. The minimum atomic E-state index is 0.859. The molecule has 0 heterocycles. The third-order valence-corrected chi connectivity index (χ3v) is 6.30. The van der Waals surface area contributed by atoms with Crippen molar-refractivity contribution in [3.8, 4) is 5.92 Å². The van der Waals surface area contributed by atoms with Crippen molar-refractivity contribution in [2.45, 2.75) is 167 Å². The van der Waals surface area contributed by atoms with E-state index in [2.05, 4.69) is 12.8 Å². The number of unbranched alkanes of at least 4 members (excludes halogenated alkanes) is 25. The van der Waals surface area contributed by atoms with Crippen LogP contribution in [0.2, 0.25) is 0 Å². The van der Waals surface area contributed by atoms with Gasteiger partial charge in [-0.1, -0.05) is 167 Å². The highest BCUT2D eigenvalue weighted by Crippen LogP contribution is 2.15. The van der Waals surface area contributed by atoms with E-state index in [1.165, 1.54) is 154 Å². The molecule has 0 fully saturated rings. The molecule has 0 bridgehead atoms. The molecule has 0 rings (SSSR count). The summed E-state index contributed by atoms with van der Waals surface area (Å²) in [5.74, 6) is 2.48. The molecule has 0 spiro atoms. The second kappa shape index (κ2) is 27.6. The molecule has 0 unspecified atom stereocenters. The second-order valence-electron chi connectivity index (χ2n) is 9.27. The van der Waals surface area contributed by atoms with E-state index in [9.17, 15) is 0 Å². The topological polar surface area (TPSA) is 0 Å². The van der Waals surface area contributed by atoms with E-state index in [1.807, 2.05) is 0 Å². The van der Waals surface area contributed by atoms with E-state index >= 15 is 0 Å². The van der Waals surface area contributed by atoms with Crippen molar-refractivity contribution in [1.82, 2.24) is 0 Å². The molecule has 0 amide bonds. The van der Waals surface area contributed by atoms with Crippen LogP contribution in [-0.2, 0) is 0 Å². The van der Waals surface area contributed by atoms with Crippen LogP contribution in [0.25, 0.3) is 0 Å². The molecule has 0 atom stereocenters. The van der Waals surface area contributed by atoms with Crippen LogP contribution >= 0.6 is 0 Å². The molecule has 170 valence electrons. The van der Waals surface area contributed by atoms with Crippen molar-refractivity contribution >= 4 is 0 Å². The Morgan fingerprint density at radius 1 is 0.345 bits per heavy atom. The zero-order valence-electron chi connectivity index (χ0n) is 20.1. The van der Waals surface area contributed by atoms with E-state index in [4.69, 9.17) is 6.42 Å². The molecule has 0 N–H and O–H groups in total. The van der Waals surface area contributed by atoms with E-state index in [-0.39, 0.29) is 0 Å². The van der Waals surface area contributed by atoms with E-state index in [0.29, 0.717) is 0 Å². The number of rotatable bonds is 25. The van der Waals surface area contributed by atoms with Crippen molar-refractivity contribution in [2.75, 3.05) is 0 Å². The van der Waals surface area contributed by atoms with Crippen LogP contribution in [0.15, 0.2) is 0 Å². The standard InChI is InChI=1S/C29H54/c1-3-5-7-9-11-13-15-17-19-21-23-25-27-29-28-26-24-22-20-18-16-14-12-10-8-6-4-2/h1,3,5-29H2. The van der Waals surface area contributed by atoms with Crippen molar-refractivity contribution in [3.05, 3.63) is 13.3 Å². The summed E-state index contributed by atoms with van der Waals surface area (Å²) < 4.78 is 0. The van der Waals surface area contributed by atoms with Crippen molar-refractivity contribution < 1.29 is 0 Å². The molecule has 0 aliphatic carbocycles. The van der Waals surface area contributed by atoms with Crippen LogP contribution in [-0.4, -0.2) is 0 Å². The first kappa shape index (κ1) is 28.6. The van der Waals surface area contributed by atoms with Gasteiger partial charge < -0.3 is 0 Å². The monoisotopic (exact) mass is 402 g/mol. The van der Waals surface area contributed by atoms with Crippen LogP contribution in [0.5, 0.6) is 0 Å². The first-order chi connectivity index (χ1) is 14.4. The van der Waals surface area contributed by atoms with Crippen LogP contribution in [0.1, 0.15) is 167 Å². The Hall–Kier alpha value is -0.440. The highest BCUT2D eigenvalue weighted by atomic mass is 14.0. The fourth-order valence-electron chi connectivity index (χ4n) is 4.28. The Balaban J connectivity index is 2.98. The first-order valence-electron chi connectivity index (χ1n) is 13.6. The van der Waals surface area contributed by atoms with E-state index in [0.717, 1.165) is 12.8 Å². The van der Waals surface area contributed by atoms with Gasteiger partial charge in [0.2, 0.25) is 0 Å². The van der Waals surface area contributed by atoms with Gasteiger partial charge in [0, 0.05) is 6.42 Å². The van der Waals surface area contributed by atoms with Gasteiger partial charge >= 0.3 is 0 Å². The van der Waals surface area contributed by atoms with Gasteiger partial charge in [-0.05, 0) is 12.8 Å². The fraction of sp³-hybridized carbons (Fsp3) is 0.897. The lowest BCUT2D eigenvalue weighted by atomic mass is 10.0. The predicted octanol–water partition coefficient (Wildman–Crippen LogP) is 10.6. The Kier molecular flexibility index (Phi) is 27.1. The molecule has 0 saturated heterocycles. The number of hydrogen-bond donors (Lipinski definition) is 0. The van der Waals surface area contributed by atoms with Crippen LogP contribution in [0.4, 0.5) is 0 Å². The van der Waals surface area contributed by atoms with Gasteiger partial charge in [-0.2, -0.15) is 0 Å². The lowest BCUT2D eigenvalue weighted by molar-refractivity contribution is 0.517. The molecule has 0 aliphatic heterocycles. The van der Waals surface area contributed by atoms with Crippen LogP contribution in [0.3, 0.4) is 0 Å². The van der Waals surface area contributed by atoms with Crippen LogP contribution in [0, 0.1) is 19.3 Å². The summed E-state index contributed by atoms with van der Waals surface area (Å²) >= 11 is 0. The minimum Gasteiger partial charge on any atom is -0.0891 e. The summed E-state index contributed by atoms with van der Waals surface area (Å²) in [6, 6.07) is 0.